The Labute approximate surface area is 287 Å². The van der Waals surface area contributed by atoms with Crippen LogP contribution >= 0.6 is 0 Å². The molecule has 2 unspecified atom stereocenters. The monoisotopic (exact) mass is 697 g/mol. The molecular weight excluding hydrogens is 654 g/mol. The quantitative estimate of drug-likeness (QED) is 0.117. The summed E-state index contributed by atoms with van der Waals surface area (Å²) in [7, 11) is 0. The second-order valence-corrected chi connectivity index (χ2v) is 13.7. The van der Waals surface area contributed by atoms with Gasteiger partial charge in [-0.1, -0.05) is 76.0 Å². The molecule has 50 heavy (non-hydrogen) atoms. The summed E-state index contributed by atoms with van der Waals surface area (Å²) in [5.74, 6) is -3.29. The van der Waals surface area contributed by atoms with Crippen molar-refractivity contribution in [2.45, 2.75) is 96.7 Å². The molecule has 1 aliphatic carbocycles. The molecule has 4 aromatic rings. The Hall–Kier alpha value is -4.55. The van der Waals surface area contributed by atoms with E-state index in [0.29, 0.717) is 29.5 Å². The topological polar surface area (TPSA) is 144 Å². The first kappa shape index (κ1) is 36.7. The minimum atomic E-state index is -4.61. The molecule has 0 spiro atoms. The molecule has 2 aromatic carbocycles. The van der Waals surface area contributed by atoms with E-state index in [9.17, 15) is 31.9 Å². The van der Waals surface area contributed by atoms with Crippen LogP contribution in [0.15, 0.2) is 46.9 Å². The number of nitrogen functional groups attached to an aromatic ring is 1. The highest BCUT2D eigenvalue weighted by Gasteiger charge is 2.47. The van der Waals surface area contributed by atoms with Crippen molar-refractivity contribution in [3.63, 3.8) is 0 Å². The summed E-state index contributed by atoms with van der Waals surface area (Å²) < 4.78 is 61.9. The van der Waals surface area contributed by atoms with Crippen LogP contribution in [0.1, 0.15) is 94.0 Å². The number of amides is 1. The molecule has 268 valence electrons. The molecule has 2 heterocycles. The number of H-pyrrole nitrogens is 1. The van der Waals surface area contributed by atoms with E-state index < -0.39 is 40.8 Å². The highest BCUT2D eigenvalue weighted by Crippen LogP contribution is 2.42. The number of nitrogens with one attached hydrogen (secondary N) is 2. The highest BCUT2D eigenvalue weighted by molar-refractivity contribution is 5.97. The minimum Gasteiger partial charge on any atom is -0.408 e. The third kappa shape index (κ3) is 7.61. The molecule has 5 atom stereocenters. The maximum Gasteiger partial charge on any atom is 0.418 e. The van der Waals surface area contributed by atoms with Crippen LogP contribution in [0.5, 0.6) is 0 Å². The molecule has 4 N–H and O–H groups in total. The Balaban J connectivity index is 1.52. The van der Waals surface area contributed by atoms with Crippen LogP contribution in [-0.4, -0.2) is 38.2 Å². The summed E-state index contributed by atoms with van der Waals surface area (Å²) >= 11 is 0. The number of carbonyl (C=O) groups is 3. The van der Waals surface area contributed by atoms with E-state index in [1.165, 1.54) is 24.3 Å². The van der Waals surface area contributed by atoms with Gasteiger partial charge in [-0.05, 0) is 47.9 Å². The van der Waals surface area contributed by atoms with Gasteiger partial charge < -0.3 is 20.5 Å². The van der Waals surface area contributed by atoms with Gasteiger partial charge in [0.25, 0.3) is 0 Å². The molecule has 0 bridgehead atoms. The molecule has 1 aliphatic rings. The fourth-order valence-electron chi connectivity index (χ4n) is 7.07. The van der Waals surface area contributed by atoms with Gasteiger partial charge in [0.1, 0.15) is 17.1 Å². The number of benzene rings is 2. The number of nitrogens with two attached hydrogens (primary N) is 1. The van der Waals surface area contributed by atoms with Crippen molar-refractivity contribution in [3.8, 4) is 0 Å². The first-order valence-electron chi connectivity index (χ1n) is 17.1. The van der Waals surface area contributed by atoms with Crippen LogP contribution in [-0.2, 0) is 39.8 Å². The van der Waals surface area contributed by atoms with Gasteiger partial charge in [-0.3, -0.25) is 14.4 Å². The molecule has 0 radical (unpaired) electrons. The number of halogens is 4. The van der Waals surface area contributed by atoms with Crippen LogP contribution < -0.4 is 11.1 Å². The van der Waals surface area contributed by atoms with Gasteiger partial charge in [0.2, 0.25) is 11.8 Å². The number of anilines is 1. The Morgan fingerprint density at radius 3 is 2.38 bits per heavy atom. The number of carbonyl (C=O) groups excluding carboxylic acids is 3. The van der Waals surface area contributed by atoms with Crippen LogP contribution in [0.3, 0.4) is 0 Å². The summed E-state index contributed by atoms with van der Waals surface area (Å²) in [6.07, 6.45) is -3.65. The van der Waals surface area contributed by atoms with E-state index in [-0.39, 0.29) is 84.9 Å². The molecule has 9 nitrogen and oxygen atoms in total. The van der Waals surface area contributed by atoms with E-state index in [1.807, 2.05) is 27.7 Å². The molecule has 0 fully saturated rings. The van der Waals surface area contributed by atoms with Crippen molar-refractivity contribution in [3.05, 3.63) is 76.6 Å². The molecule has 1 amide bonds. The molecular formula is C37H43F4N5O4. The lowest BCUT2D eigenvalue weighted by molar-refractivity contribution is -0.137. The van der Waals surface area contributed by atoms with E-state index in [2.05, 4.69) is 20.5 Å². The SMILES string of the molecule is CCC(C)[C@H](CC(=O)Cc1ccccc1F)C(=O)N[C@]1(C(=O)C[C@H](c2nnc(N)o2)C(C)CC)CCc2[nH]c3c(C(F)(F)F)cccc3c2C1. The fourth-order valence-corrected chi connectivity index (χ4v) is 7.07. The third-order valence-electron chi connectivity index (χ3n) is 10.5. The van der Waals surface area contributed by atoms with E-state index in [1.54, 1.807) is 12.1 Å². The number of para-hydroxylation sites is 1. The molecule has 13 heteroatoms. The van der Waals surface area contributed by atoms with Gasteiger partial charge in [-0.15, -0.1) is 5.10 Å². The maximum absolute atomic E-state index is 14.7. The average Bonchev–Trinajstić information content (AvgIpc) is 3.68. The van der Waals surface area contributed by atoms with Crippen molar-refractivity contribution < 1.29 is 36.4 Å². The standard InChI is InChI=1S/C37H43F4N5O4/c1-5-20(3)25(17-23(47)16-22-10-7-8-13-29(22)38)33(49)44-36(31(48)18-26(21(4)6-2)34-45-46-35(42)50-34)15-14-30-27(19-36)24-11-9-12-28(32(24)43-30)37(39,40)41/h7-13,20-21,25-26,43H,5-6,14-19H2,1-4H3,(H2,42,46)(H,44,49)/t20?,21?,25-,26-,36+/m0/s1. The second-order valence-electron chi connectivity index (χ2n) is 13.7. The minimum absolute atomic E-state index is 0.0657. The predicted octanol–water partition coefficient (Wildman–Crippen LogP) is 7.29. The van der Waals surface area contributed by atoms with Gasteiger partial charge in [0, 0.05) is 48.6 Å². The zero-order valence-electron chi connectivity index (χ0n) is 28.6. The normalized spacial score (nSPS) is 18.6. The summed E-state index contributed by atoms with van der Waals surface area (Å²) in [6.45, 7) is 7.61. The Bertz CT molecular complexity index is 1870. The lowest BCUT2D eigenvalue weighted by Gasteiger charge is -2.39. The van der Waals surface area contributed by atoms with E-state index >= 15 is 0 Å². The Kier molecular flexibility index (Phi) is 10.8. The zero-order valence-corrected chi connectivity index (χ0v) is 28.6. The van der Waals surface area contributed by atoms with Crippen molar-refractivity contribution >= 4 is 34.4 Å². The average molecular weight is 698 g/mol. The van der Waals surface area contributed by atoms with Gasteiger partial charge in [-0.2, -0.15) is 13.2 Å². The lowest BCUT2D eigenvalue weighted by atomic mass is 9.72. The lowest BCUT2D eigenvalue weighted by Crippen LogP contribution is -2.59. The maximum atomic E-state index is 14.7. The fraction of sp³-hybridized carbons (Fsp3) is 0.486. The first-order chi connectivity index (χ1) is 23.7. The van der Waals surface area contributed by atoms with Crippen LogP contribution in [0.4, 0.5) is 23.6 Å². The number of rotatable bonds is 14. The molecule has 0 saturated carbocycles. The molecule has 5 rings (SSSR count). The van der Waals surface area contributed by atoms with Crippen molar-refractivity contribution in [1.82, 2.24) is 20.5 Å². The summed E-state index contributed by atoms with van der Waals surface area (Å²) in [5, 5.41) is 11.2. The van der Waals surface area contributed by atoms with Crippen LogP contribution in [0.25, 0.3) is 10.9 Å². The number of aromatic amines is 1. The largest absolute Gasteiger partial charge is 0.418 e. The second kappa shape index (κ2) is 14.7. The van der Waals surface area contributed by atoms with Crippen LogP contribution in [0.2, 0.25) is 0 Å². The number of alkyl halides is 3. The number of nitrogens with zero attached hydrogens (tertiary/aromatic N) is 2. The molecule has 0 saturated heterocycles. The number of ketones is 2. The van der Waals surface area contributed by atoms with Gasteiger partial charge in [-0.25, -0.2) is 4.39 Å². The summed E-state index contributed by atoms with van der Waals surface area (Å²) in [4.78, 5) is 45.2. The number of aromatic nitrogens is 3. The predicted molar refractivity (Wildman–Crippen MR) is 179 cm³/mol. The number of fused-ring (bicyclic) bond motifs is 3. The number of hydrogen-bond donors (Lipinski definition) is 3. The number of aryl methyl sites for hydroxylation is 1. The summed E-state index contributed by atoms with van der Waals surface area (Å²) in [5.41, 5.74) is 4.61. The van der Waals surface area contributed by atoms with Crippen molar-refractivity contribution in [1.29, 1.82) is 0 Å². The number of hydrogen-bond acceptors (Lipinski definition) is 7. The van der Waals surface area contributed by atoms with E-state index in [4.69, 9.17) is 10.2 Å². The molecule has 2 aromatic heterocycles. The van der Waals surface area contributed by atoms with Gasteiger partial charge in [0.15, 0.2) is 5.78 Å². The number of Topliss-reactive ketones (excluding diaryl/α,β-unsaturated/α-hetero) is 2. The van der Waals surface area contributed by atoms with Crippen molar-refractivity contribution in [2.75, 3.05) is 5.73 Å². The Morgan fingerprint density at radius 2 is 1.74 bits per heavy atom. The zero-order chi connectivity index (χ0) is 36.4. The smallest absolute Gasteiger partial charge is 0.408 e. The Morgan fingerprint density at radius 1 is 1.02 bits per heavy atom. The third-order valence-corrected chi connectivity index (χ3v) is 10.5. The highest BCUT2D eigenvalue weighted by atomic mass is 19.4. The van der Waals surface area contributed by atoms with Crippen molar-refractivity contribution in [2.24, 2.45) is 17.8 Å². The van der Waals surface area contributed by atoms with Crippen LogP contribution in [0, 0.1) is 23.6 Å². The van der Waals surface area contributed by atoms with E-state index in [0.717, 1.165) is 6.07 Å². The van der Waals surface area contributed by atoms with Gasteiger partial charge in [0.05, 0.1) is 11.1 Å². The molecule has 0 aliphatic heterocycles. The van der Waals surface area contributed by atoms with Gasteiger partial charge >= 0.3 is 12.2 Å². The summed E-state index contributed by atoms with van der Waals surface area (Å²) in [6, 6.07) is 9.72. The first-order valence-corrected chi connectivity index (χ1v) is 17.1.